The Labute approximate surface area is 147 Å². The third kappa shape index (κ3) is 3.76. The van der Waals surface area contributed by atoms with Crippen molar-refractivity contribution in [1.82, 2.24) is 20.4 Å². The van der Waals surface area contributed by atoms with Gasteiger partial charge in [-0.1, -0.05) is 0 Å². The third-order valence-corrected chi connectivity index (χ3v) is 4.22. The summed E-state index contributed by atoms with van der Waals surface area (Å²) in [5, 5.41) is 10.8. The van der Waals surface area contributed by atoms with Crippen LogP contribution in [-0.4, -0.2) is 34.8 Å². The second-order valence-corrected chi connectivity index (χ2v) is 5.95. The topological polar surface area (TPSA) is 59.0 Å². The molecule has 0 radical (unpaired) electrons. The zero-order valence-electron chi connectivity index (χ0n) is 13.8. The highest BCUT2D eigenvalue weighted by molar-refractivity contribution is 5.96. The van der Waals surface area contributed by atoms with Crippen LogP contribution in [-0.2, 0) is 0 Å². The molecule has 2 heterocycles. The number of aromatic nitrogens is 2. The lowest BCUT2D eigenvalue weighted by Gasteiger charge is -2.23. The van der Waals surface area contributed by atoms with Crippen LogP contribution in [0.25, 0.3) is 5.69 Å². The molecule has 1 aliphatic rings. The monoisotopic (exact) mass is 352 g/mol. The highest BCUT2D eigenvalue weighted by Crippen LogP contribution is 2.18. The number of piperidine rings is 1. The second-order valence-electron chi connectivity index (χ2n) is 5.95. The number of rotatable bonds is 3. The summed E-state index contributed by atoms with van der Waals surface area (Å²) in [5.41, 5.74) is 2.77. The predicted molar refractivity (Wildman–Crippen MR) is 93.6 cm³/mol. The second kappa shape index (κ2) is 7.77. The molecule has 1 aromatic heterocycles. The fraction of sp³-hybridized carbons (Fsp3) is 0.412. The summed E-state index contributed by atoms with van der Waals surface area (Å²) in [6.07, 6.45) is 2.06. The lowest BCUT2D eigenvalue weighted by atomic mass is 10.1. The summed E-state index contributed by atoms with van der Waals surface area (Å²) in [6.45, 7) is 5.49. The van der Waals surface area contributed by atoms with Crippen LogP contribution >= 0.6 is 12.4 Å². The average Bonchev–Trinajstić information content (AvgIpc) is 2.84. The Morgan fingerprint density at radius 3 is 2.67 bits per heavy atom. The van der Waals surface area contributed by atoms with Crippen LogP contribution in [0.5, 0.6) is 0 Å². The fourth-order valence-corrected chi connectivity index (χ4v) is 3.04. The first-order valence-electron chi connectivity index (χ1n) is 7.90. The van der Waals surface area contributed by atoms with Crippen molar-refractivity contribution in [3.63, 3.8) is 0 Å². The van der Waals surface area contributed by atoms with Crippen molar-refractivity contribution >= 4 is 18.3 Å². The van der Waals surface area contributed by atoms with Gasteiger partial charge in [-0.2, -0.15) is 5.10 Å². The summed E-state index contributed by atoms with van der Waals surface area (Å²) in [7, 11) is 0. The maximum atomic E-state index is 13.1. The van der Waals surface area contributed by atoms with E-state index in [4.69, 9.17) is 0 Å². The molecular weight excluding hydrogens is 331 g/mol. The molecule has 0 spiro atoms. The molecule has 1 atom stereocenters. The molecule has 0 aliphatic carbocycles. The molecule has 1 aromatic carbocycles. The van der Waals surface area contributed by atoms with Crippen LogP contribution in [0.15, 0.2) is 24.3 Å². The normalized spacial score (nSPS) is 17.2. The Morgan fingerprint density at radius 2 is 2.04 bits per heavy atom. The summed E-state index contributed by atoms with van der Waals surface area (Å²) in [6, 6.07) is 6.24. The van der Waals surface area contributed by atoms with Crippen molar-refractivity contribution in [1.29, 1.82) is 0 Å². The molecule has 0 bridgehead atoms. The van der Waals surface area contributed by atoms with E-state index in [-0.39, 0.29) is 30.2 Å². The van der Waals surface area contributed by atoms with Crippen LogP contribution in [0.1, 0.15) is 34.6 Å². The SMILES string of the molecule is Cc1nn(-c2ccc(F)cc2)c(C)c1C(=O)N[C@H]1CCCNC1.Cl. The Hall–Kier alpha value is -1.92. The van der Waals surface area contributed by atoms with Crippen LogP contribution in [0.2, 0.25) is 0 Å². The number of carbonyl (C=O) groups excluding carboxylic acids is 1. The maximum Gasteiger partial charge on any atom is 0.255 e. The van der Waals surface area contributed by atoms with Crippen LogP contribution in [0.3, 0.4) is 0 Å². The van der Waals surface area contributed by atoms with E-state index >= 15 is 0 Å². The number of aryl methyl sites for hydroxylation is 1. The zero-order chi connectivity index (χ0) is 16.4. The predicted octanol–water partition coefficient (Wildman–Crippen LogP) is 2.53. The van der Waals surface area contributed by atoms with Crippen LogP contribution < -0.4 is 10.6 Å². The van der Waals surface area contributed by atoms with E-state index in [0.717, 1.165) is 37.3 Å². The first-order valence-corrected chi connectivity index (χ1v) is 7.90. The summed E-state index contributed by atoms with van der Waals surface area (Å²) in [5.74, 6) is -0.389. The Balaban J connectivity index is 0.00000208. The van der Waals surface area contributed by atoms with Gasteiger partial charge in [0.15, 0.2) is 0 Å². The Morgan fingerprint density at radius 1 is 1.33 bits per heavy atom. The molecule has 5 nitrogen and oxygen atoms in total. The van der Waals surface area contributed by atoms with Gasteiger partial charge < -0.3 is 10.6 Å². The number of nitrogens with one attached hydrogen (secondary N) is 2. The van der Waals surface area contributed by atoms with Gasteiger partial charge in [0, 0.05) is 12.6 Å². The number of nitrogens with zero attached hydrogens (tertiary/aromatic N) is 2. The minimum absolute atomic E-state index is 0. The molecule has 1 saturated heterocycles. The van der Waals surface area contributed by atoms with Gasteiger partial charge in [-0.05, 0) is 57.5 Å². The average molecular weight is 353 g/mol. The first-order chi connectivity index (χ1) is 11.1. The van der Waals surface area contributed by atoms with Crippen molar-refractivity contribution in [2.45, 2.75) is 32.7 Å². The van der Waals surface area contributed by atoms with Crippen molar-refractivity contribution in [2.75, 3.05) is 13.1 Å². The number of benzene rings is 1. The Bertz CT molecular complexity index is 708. The molecule has 1 fully saturated rings. The van der Waals surface area contributed by atoms with Gasteiger partial charge in [0.1, 0.15) is 5.82 Å². The highest BCUT2D eigenvalue weighted by atomic mass is 35.5. The van der Waals surface area contributed by atoms with Gasteiger partial charge in [-0.25, -0.2) is 9.07 Å². The minimum atomic E-state index is -0.293. The van der Waals surface area contributed by atoms with Gasteiger partial charge in [-0.15, -0.1) is 12.4 Å². The number of hydrogen-bond donors (Lipinski definition) is 2. The minimum Gasteiger partial charge on any atom is -0.348 e. The van der Waals surface area contributed by atoms with E-state index in [1.54, 1.807) is 16.8 Å². The molecule has 7 heteroatoms. The third-order valence-electron chi connectivity index (χ3n) is 4.22. The molecular formula is C17H22ClFN4O. The smallest absolute Gasteiger partial charge is 0.255 e. The zero-order valence-corrected chi connectivity index (χ0v) is 14.6. The Kier molecular flexibility index (Phi) is 5.96. The van der Waals surface area contributed by atoms with Crippen molar-refractivity contribution in [2.24, 2.45) is 0 Å². The fourth-order valence-electron chi connectivity index (χ4n) is 3.04. The number of hydrogen-bond acceptors (Lipinski definition) is 3. The van der Waals surface area contributed by atoms with Gasteiger partial charge in [-0.3, -0.25) is 4.79 Å². The largest absolute Gasteiger partial charge is 0.348 e. The summed E-state index contributed by atoms with van der Waals surface area (Å²) >= 11 is 0. The first kappa shape index (κ1) is 18.4. The van der Waals surface area contributed by atoms with E-state index in [0.29, 0.717) is 11.3 Å². The van der Waals surface area contributed by atoms with Gasteiger partial charge in [0.05, 0.1) is 22.6 Å². The van der Waals surface area contributed by atoms with Crippen molar-refractivity contribution in [3.8, 4) is 5.69 Å². The quantitative estimate of drug-likeness (QED) is 0.892. The standard InChI is InChI=1S/C17H21FN4O.ClH/c1-11-16(17(23)20-14-4-3-9-19-10-14)12(2)22(21-11)15-7-5-13(18)6-8-15;/h5-8,14,19H,3-4,9-10H2,1-2H3,(H,20,23);1H/t14-;/m0./s1. The lowest BCUT2D eigenvalue weighted by Crippen LogP contribution is -2.45. The van der Waals surface area contributed by atoms with E-state index in [9.17, 15) is 9.18 Å². The molecule has 0 saturated carbocycles. The molecule has 1 aliphatic heterocycles. The molecule has 2 N–H and O–H groups in total. The molecule has 1 amide bonds. The number of halogens is 2. The van der Waals surface area contributed by atoms with Crippen LogP contribution in [0.4, 0.5) is 4.39 Å². The number of amides is 1. The maximum absolute atomic E-state index is 13.1. The molecule has 24 heavy (non-hydrogen) atoms. The van der Waals surface area contributed by atoms with Gasteiger partial charge in [0.25, 0.3) is 5.91 Å². The lowest BCUT2D eigenvalue weighted by molar-refractivity contribution is 0.0929. The molecule has 130 valence electrons. The highest BCUT2D eigenvalue weighted by Gasteiger charge is 2.22. The molecule has 3 rings (SSSR count). The molecule has 2 aromatic rings. The summed E-state index contributed by atoms with van der Waals surface area (Å²) in [4.78, 5) is 12.6. The number of carbonyl (C=O) groups is 1. The van der Waals surface area contributed by atoms with Gasteiger partial charge in [0.2, 0.25) is 0 Å². The van der Waals surface area contributed by atoms with E-state index in [1.807, 2.05) is 13.8 Å². The summed E-state index contributed by atoms with van der Waals surface area (Å²) < 4.78 is 14.8. The van der Waals surface area contributed by atoms with Crippen molar-refractivity contribution in [3.05, 3.63) is 47.0 Å². The van der Waals surface area contributed by atoms with Crippen LogP contribution in [0, 0.1) is 19.7 Å². The van der Waals surface area contributed by atoms with E-state index in [2.05, 4.69) is 15.7 Å². The molecule has 0 unspecified atom stereocenters. The van der Waals surface area contributed by atoms with Gasteiger partial charge >= 0.3 is 0 Å². The van der Waals surface area contributed by atoms with Crippen molar-refractivity contribution < 1.29 is 9.18 Å². The van der Waals surface area contributed by atoms with E-state index in [1.165, 1.54) is 12.1 Å². The van der Waals surface area contributed by atoms with E-state index < -0.39 is 0 Å².